The number of hydrogen-bond donors (Lipinski definition) is 0. The van der Waals surface area contributed by atoms with Gasteiger partial charge in [0.15, 0.2) is 0 Å². The first-order valence-electron chi connectivity index (χ1n) is 29.6. The van der Waals surface area contributed by atoms with Gasteiger partial charge >= 0.3 is 0 Å². The number of benzene rings is 8. The Kier molecular flexibility index (Phi) is 11.0. The molecule has 13 rings (SSSR count). The van der Waals surface area contributed by atoms with Crippen molar-refractivity contribution in [3.8, 4) is 11.1 Å². The number of rotatable bonds is 5. The van der Waals surface area contributed by atoms with Gasteiger partial charge in [-0.1, -0.05) is 196 Å². The van der Waals surface area contributed by atoms with Crippen molar-refractivity contribution in [1.82, 2.24) is 0 Å². The first-order chi connectivity index (χ1) is 37.1. The standard InChI is InChI=1S/C75H82BN3/c1-46-38-54-56(72(10,11)37-36-71(54,8)9)43-61(46)79-63-44-57-55(73(12,13)45-74(57,14)15)42-59(63)76-58-34-32-50(77(48-26-20-18-21-27-48)49-28-22-19-23-29-49)41-62(58)78(64-39-47(69(2,3)4)40-65(79)68(64)76)60-35-33-53(70(5,6)7)66-51-30-24-25-31-52(51)75(16,17)67(60)66/h18-35,38-44H,36-37,45H2,1-17H3. The minimum Gasteiger partial charge on any atom is -0.311 e. The molecule has 0 fully saturated rings. The van der Waals surface area contributed by atoms with Crippen molar-refractivity contribution < 1.29 is 0 Å². The molecule has 0 saturated carbocycles. The molecule has 0 spiro atoms. The minimum atomic E-state index is -0.294. The van der Waals surface area contributed by atoms with Crippen LogP contribution in [0.15, 0.2) is 152 Å². The normalized spacial score (nSPS) is 18.2. The van der Waals surface area contributed by atoms with E-state index in [-0.39, 0.29) is 44.6 Å². The summed E-state index contributed by atoms with van der Waals surface area (Å²) in [6.45, 7) is 41.6. The van der Waals surface area contributed by atoms with E-state index in [0.717, 1.165) is 29.9 Å². The Bertz CT molecular complexity index is 3800. The Hall–Kier alpha value is -6.78. The molecule has 0 bridgehead atoms. The minimum absolute atomic E-state index is 0.00440. The third-order valence-electron chi connectivity index (χ3n) is 19.8. The monoisotopic (exact) mass is 1040 g/mol. The quantitative estimate of drug-likeness (QED) is 0.159. The molecule has 3 nitrogen and oxygen atoms in total. The summed E-state index contributed by atoms with van der Waals surface area (Å²) in [5.41, 5.74) is 30.4. The maximum absolute atomic E-state index is 2.77. The SMILES string of the molecule is Cc1cc2c(cc1N1c3cc4c(cc3B3c5ccc(N(c6ccccc6)c6ccccc6)cc5N(c5ccc(C(C)(C)C)c6c5C(C)(C)c5ccccc5-6)c5cc(C(C)(C)C)cc1c53)C(C)(C)CC4(C)C)C(C)(C)CCC2(C)C. The van der Waals surface area contributed by atoms with Gasteiger partial charge in [0, 0.05) is 50.9 Å². The molecule has 0 atom stereocenters. The molecule has 0 unspecified atom stereocenters. The lowest BCUT2D eigenvalue weighted by atomic mass is 9.33. The second-order valence-electron chi connectivity index (χ2n) is 29.7. The van der Waals surface area contributed by atoms with Crippen LogP contribution in [0.1, 0.15) is 180 Å². The van der Waals surface area contributed by atoms with E-state index in [1.54, 1.807) is 0 Å². The Labute approximate surface area is 474 Å². The number of hydrogen-bond acceptors (Lipinski definition) is 3. The third kappa shape index (κ3) is 7.65. The zero-order valence-electron chi connectivity index (χ0n) is 50.5. The highest BCUT2D eigenvalue weighted by molar-refractivity contribution is 7.00. The van der Waals surface area contributed by atoms with Crippen LogP contribution in [-0.4, -0.2) is 6.71 Å². The molecule has 4 heteroatoms. The van der Waals surface area contributed by atoms with E-state index in [4.69, 9.17) is 0 Å². The number of para-hydroxylation sites is 2. The van der Waals surface area contributed by atoms with Crippen LogP contribution in [0.25, 0.3) is 11.1 Å². The molecular formula is C75H82BN3. The van der Waals surface area contributed by atoms with Gasteiger partial charge in [0.05, 0.1) is 5.69 Å². The fourth-order valence-corrected chi connectivity index (χ4v) is 15.8. The van der Waals surface area contributed by atoms with Crippen LogP contribution in [0.2, 0.25) is 0 Å². The predicted octanol–water partition coefficient (Wildman–Crippen LogP) is 18.8. The van der Waals surface area contributed by atoms with Gasteiger partial charge in [0.1, 0.15) is 0 Å². The van der Waals surface area contributed by atoms with Crippen LogP contribution in [0.5, 0.6) is 0 Å². The molecule has 2 aliphatic heterocycles. The van der Waals surface area contributed by atoms with E-state index in [2.05, 4.69) is 284 Å². The van der Waals surface area contributed by atoms with E-state index in [1.165, 1.54) is 118 Å². The molecule has 400 valence electrons. The maximum atomic E-state index is 2.77. The number of fused-ring (bicyclic) bond motifs is 9. The van der Waals surface area contributed by atoms with Gasteiger partial charge in [0.25, 0.3) is 6.71 Å². The van der Waals surface area contributed by atoms with Crippen molar-refractivity contribution in [2.75, 3.05) is 14.7 Å². The molecule has 0 amide bonds. The van der Waals surface area contributed by atoms with Crippen molar-refractivity contribution >= 4 is 74.3 Å². The zero-order chi connectivity index (χ0) is 55.9. The Morgan fingerprint density at radius 1 is 0.430 bits per heavy atom. The van der Waals surface area contributed by atoms with Crippen LogP contribution in [0.4, 0.5) is 51.2 Å². The molecule has 5 aliphatic rings. The van der Waals surface area contributed by atoms with Crippen molar-refractivity contribution in [1.29, 1.82) is 0 Å². The number of aryl methyl sites for hydroxylation is 1. The largest absolute Gasteiger partial charge is 0.311 e. The lowest BCUT2D eigenvalue weighted by molar-refractivity contribution is 0.332. The summed E-state index contributed by atoms with van der Waals surface area (Å²) < 4.78 is 0. The molecule has 8 aromatic carbocycles. The van der Waals surface area contributed by atoms with Gasteiger partial charge in [-0.2, -0.15) is 0 Å². The Balaban J connectivity index is 1.19. The van der Waals surface area contributed by atoms with E-state index >= 15 is 0 Å². The maximum Gasteiger partial charge on any atom is 0.252 e. The van der Waals surface area contributed by atoms with Crippen molar-refractivity contribution in [2.24, 2.45) is 0 Å². The second kappa shape index (κ2) is 16.9. The second-order valence-corrected chi connectivity index (χ2v) is 29.7. The van der Waals surface area contributed by atoms with Crippen LogP contribution in [-0.2, 0) is 37.9 Å². The predicted molar refractivity (Wildman–Crippen MR) is 341 cm³/mol. The summed E-state index contributed by atoms with van der Waals surface area (Å²) in [4.78, 5) is 7.98. The first-order valence-corrected chi connectivity index (χ1v) is 29.6. The Morgan fingerprint density at radius 3 is 1.54 bits per heavy atom. The fraction of sp³-hybridized carbons (Fsp3) is 0.360. The van der Waals surface area contributed by atoms with E-state index in [1.807, 2.05) is 0 Å². The van der Waals surface area contributed by atoms with E-state index in [0.29, 0.717) is 0 Å². The Morgan fingerprint density at radius 2 is 0.949 bits per heavy atom. The van der Waals surface area contributed by atoms with Gasteiger partial charge < -0.3 is 14.7 Å². The van der Waals surface area contributed by atoms with Crippen LogP contribution < -0.4 is 31.1 Å². The highest BCUT2D eigenvalue weighted by atomic mass is 15.2. The molecule has 0 aromatic heterocycles. The topological polar surface area (TPSA) is 9.72 Å². The summed E-state index contributed by atoms with van der Waals surface area (Å²) in [6.07, 6.45) is 3.46. The van der Waals surface area contributed by atoms with E-state index < -0.39 is 0 Å². The van der Waals surface area contributed by atoms with Crippen LogP contribution in [0.3, 0.4) is 0 Å². The van der Waals surface area contributed by atoms with Gasteiger partial charge in [-0.15, -0.1) is 0 Å². The van der Waals surface area contributed by atoms with Crippen molar-refractivity contribution in [3.05, 3.63) is 202 Å². The highest BCUT2D eigenvalue weighted by Gasteiger charge is 2.51. The smallest absolute Gasteiger partial charge is 0.252 e. The summed E-state index contributed by atoms with van der Waals surface area (Å²) in [7, 11) is 0. The average molecular weight is 1040 g/mol. The van der Waals surface area contributed by atoms with Gasteiger partial charge in [-0.25, -0.2) is 0 Å². The summed E-state index contributed by atoms with van der Waals surface area (Å²) in [5.74, 6) is 0. The van der Waals surface area contributed by atoms with E-state index in [9.17, 15) is 0 Å². The lowest BCUT2D eigenvalue weighted by Crippen LogP contribution is -2.62. The molecule has 3 aliphatic carbocycles. The van der Waals surface area contributed by atoms with Crippen molar-refractivity contribution in [2.45, 2.75) is 175 Å². The van der Waals surface area contributed by atoms with Gasteiger partial charge in [-0.3, -0.25) is 0 Å². The van der Waals surface area contributed by atoms with Gasteiger partial charge in [0.2, 0.25) is 0 Å². The van der Waals surface area contributed by atoms with Crippen molar-refractivity contribution in [3.63, 3.8) is 0 Å². The lowest BCUT2D eigenvalue weighted by Gasteiger charge is -2.47. The molecule has 0 radical (unpaired) electrons. The number of anilines is 9. The van der Waals surface area contributed by atoms with Crippen LogP contribution in [0, 0.1) is 6.92 Å². The highest BCUT2D eigenvalue weighted by Crippen LogP contribution is 2.60. The molecule has 79 heavy (non-hydrogen) atoms. The molecule has 2 heterocycles. The molecule has 0 saturated heterocycles. The first kappa shape index (κ1) is 51.6. The third-order valence-corrected chi connectivity index (χ3v) is 19.8. The summed E-state index contributed by atoms with van der Waals surface area (Å²) >= 11 is 0. The van der Waals surface area contributed by atoms with Gasteiger partial charge in [-0.05, 0) is 203 Å². The molecule has 0 N–H and O–H groups in total. The summed E-state index contributed by atoms with van der Waals surface area (Å²) in [6, 6.07) is 59.5. The summed E-state index contributed by atoms with van der Waals surface area (Å²) in [5, 5.41) is 0. The fourth-order valence-electron chi connectivity index (χ4n) is 15.8. The number of nitrogens with zero attached hydrogens (tertiary/aromatic N) is 3. The zero-order valence-corrected chi connectivity index (χ0v) is 50.5. The molecular weight excluding hydrogens is 954 g/mol. The molecule has 8 aromatic rings. The average Bonchev–Trinajstić information content (AvgIpc) is 3.73. The van der Waals surface area contributed by atoms with Crippen LogP contribution >= 0.6 is 0 Å².